The summed E-state index contributed by atoms with van der Waals surface area (Å²) in [6.07, 6.45) is 8.54. The van der Waals surface area contributed by atoms with Crippen molar-refractivity contribution in [3.8, 4) is 5.69 Å². The van der Waals surface area contributed by atoms with Gasteiger partial charge in [0.25, 0.3) is 0 Å². The third-order valence-corrected chi connectivity index (χ3v) is 7.87. The van der Waals surface area contributed by atoms with Crippen molar-refractivity contribution in [2.45, 2.75) is 71.4 Å². The number of carbonyl (C=O) groups excluding carboxylic acids is 2. The van der Waals surface area contributed by atoms with Crippen LogP contribution < -0.4 is 4.90 Å². The summed E-state index contributed by atoms with van der Waals surface area (Å²) in [5.41, 5.74) is 5.15. The average molecular weight is 484 g/mol. The number of carbonyl (C=O) groups is 2. The van der Waals surface area contributed by atoms with Gasteiger partial charge in [0.1, 0.15) is 12.6 Å². The van der Waals surface area contributed by atoms with Crippen molar-refractivity contribution in [2.24, 2.45) is 5.92 Å². The predicted octanol–water partition coefficient (Wildman–Crippen LogP) is 6.43. The summed E-state index contributed by atoms with van der Waals surface area (Å²) < 4.78 is 2.18. The summed E-state index contributed by atoms with van der Waals surface area (Å²) in [4.78, 5) is 31.1. The quantitative estimate of drug-likeness (QED) is 0.389. The molecule has 0 N–H and O–H groups in total. The monoisotopic (exact) mass is 483 g/mol. The van der Waals surface area contributed by atoms with E-state index >= 15 is 0 Å². The van der Waals surface area contributed by atoms with Gasteiger partial charge in [-0.15, -0.1) is 0 Å². The molecule has 0 unspecified atom stereocenters. The van der Waals surface area contributed by atoms with E-state index < -0.39 is 0 Å². The Labute approximate surface area is 214 Å². The van der Waals surface area contributed by atoms with E-state index in [2.05, 4.69) is 54.1 Å². The molecule has 0 saturated heterocycles. The largest absolute Gasteiger partial charge is 0.331 e. The van der Waals surface area contributed by atoms with Crippen LogP contribution >= 0.6 is 0 Å². The standard InChI is InChI=1S/C31H37N3O2/c1-22(2)33(29(35)19-16-24-9-4-5-10-24)21-30(36)34-27-12-7-6-11-26(27)32-20-8-13-28(32)31(34)25-17-14-23(3)15-18-25/h6-8,11-15,17-18,20,22,24,31H,4-5,9-10,16,19,21H2,1-3H3/t31-/m0/s1. The molecule has 0 radical (unpaired) electrons. The van der Waals surface area contributed by atoms with Crippen molar-refractivity contribution < 1.29 is 9.59 Å². The summed E-state index contributed by atoms with van der Waals surface area (Å²) in [6.45, 7) is 6.17. The zero-order valence-corrected chi connectivity index (χ0v) is 21.7. The molecule has 5 heteroatoms. The molecule has 1 fully saturated rings. The number of anilines is 1. The van der Waals surface area contributed by atoms with Gasteiger partial charge in [-0.1, -0.05) is 67.6 Å². The molecule has 1 atom stereocenters. The van der Waals surface area contributed by atoms with Crippen molar-refractivity contribution in [3.05, 3.63) is 83.7 Å². The fraction of sp³-hybridized carbons (Fsp3) is 0.419. The van der Waals surface area contributed by atoms with E-state index in [1.165, 1.54) is 31.2 Å². The number of fused-ring (bicyclic) bond motifs is 3. The van der Waals surface area contributed by atoms with E-state index in [0.29, 0.717) is 12.3 Å². The fourth-order valence-electron chi connectivity index (χ4n) is 5.88. The number of aromatic nitrogens is 1. The van der Waals surface area contributed by atoms with Crippen LogP contribution in [0.4, 0.5) is 5.69 Å². The molecule has 1 aromatic heterocycles. The Kier molecular flexibility index (Phi) is 6.99. The maximum Gasteiger partial charge on any atom is 0.247 e. The molecule has 5 rings (SSSR count). The number of rotatable bonds is 7. The van der Waals surface area contributed by atoms with E-state index in [1.807, 2.05) is 43.0 Å². The second-order valence-corrected chi connectivity index (χ2v) is 10.7. The Morgan fingerprint density at radius 1 is 0.944 bits per heavy atom. The first-order valence-corrected chi connectivity index (χ1v) is 13.4. The highest BCUT2D eigenvalue weighted by molar-refractivity contribution is 6.00. The van der Waals surface area contributed by atoms with Gasteiger partial charge >= 0.3 is 0 Å². The smallest absolute Gasteiger partial charge is 0.247 e. The van der Waals surface area contributed by atoms with Crippen LogP contribution in [0.5, 0.6) is 0 Å². The number of amides is 2. The van der Waals surface area contributed by atoms with Gasteiger partial charge in [-0.05, 0) is 62.9 Å². The first-order valence-electron chi connectivity index (χ1n) is 13.4. The summed E-state index contributed by atoms with van der Waals surface area (Å²) in [5, 5.41) is 0. The topological polar surface area (TPSA) is 45.6 Å². The van der Waals surface area contributed by atoms with Crippen LogP contribution in [0.1, 0.15) is 75.2 Å². The molecule has 0 spiro atoms. The molecule has 2 heterocycles. The zero-order valence-electron chi connectivity index (χ0n) is 21.7. The molecule has 2 amide bonds. The molecule has 0 bridgehead atoms. The minimum atomic E-state index is -0.259. The highest BCUT2D eigenvalue weighted by Gasteiger charge is 2.37. The normalized spacial score (nSPS) is 17.2. The van der Waals surface area contributed by atoms with Crippen LogP contribution in [0.3, 0.4) is 0 Å². The highest BCUT2D eigenvalue weighted by Crippen LogP contribution is 2.42. The molecule has 188 valence electrons. The predicted molar refractivity (Wildman–Crippen MR) is 144 cm³/mol. The molecule has 2 aliphatic rings. The number of para-hydroxylation sites is 2. The van der Waals surface area contributed by atoms with Crippen molar-refractivity contribution >= 4 is 17.5 Å². The maximum atomic E-state index is 14.1. The van der Waals surface area contributed by atoms with E-state index in [0.717, 1.165) is 29.1 Å². The van der Waals surface area contributed by atoms with Crippen molar-refractivity contribution in [1.29, 1.82) is 0 Å². The molecular formula is C31H37N3O2. The Morgan fingerprint density at radius 2 is 1.64 bits per heavy atom. The highest BCUT2D eigenvalue weighted by atomic mass is 16.2. The van der Waals surface area contributed by atoms with Crippen LogP contribution in [0, 0.1) is 12.8 Å². The minimum Gasteiger partial charge on any atom is -0.331 e. The van der Waals surface area contributed by atoms with E-state index in [-0.39, 0.29) is 30.4 Å². The van der Waals surface area contributed by atoms with Crippen molar-refractivity contribution in [2.75, 3.05) is 11.4 Å². The second-order valence-electron chi connectivity index (χ2n) is 10.7. The lowest BCUT2D eigenvalue weighted by atomic mass is 9.96. The second kappa shape index (κ2) is 10.3. The molecule has 1 aliphatic heterocycles. The van der Waals surface area contributed by atoms with E-state index in [1.54, 1.807) is 4.90 Å². The minimum absolute atomic E-state index is 0.0354. The summed E-state index contributed by atoms with van der Waals surface area (Å²) in [5.74, 6) is 0.695. The SMILES string of the molecule is Cc1ccc([C@H]2c3cccn3-c3ccccc3N2C(=O)CN(C(=O)CCC2CCCC2)C(C)C)cc1. The fourth-order valence-corrected chi connectivity index (χ4v) is 5.88. The molecule has 36 heavy (non-hydrogen) atoms. The summed E-state index contributed by atoms with van der Waals surface area (Å²) in [7, 11) is 0. The molecule has 3 aromatic rings. The van der Waals surface area contributed by atoms with Crippen molar-refractivity contribution in [3.63, 3.8) is 0 Å². The van der Waals surface area contributed by atoms with Gasteiger partial charge in [0.05, 0.1) is 17.1 Å². The molecule has 2 aromatic carbocycles. The first-order chi connectivity index (χ1) is 17.4. The number of nitrogens with zero attached hydrogens (tertiary/aromatic N) is 3. The molecule has 1 saturated carbocycles. The Balaban J connectivity index is 1.47. The van der Waals surface area contributed by atoms with Gasteiger partial charge in [-0.25, -0.2) is 0 Å². The average Bonchev–Trinajstić information content (AvgIpc) is 3.58. The first kappa shape index (κ1) is 24.4. The van der Waals surface area contributed by atoms with Gasteiger partial charge in [0.15, 0.2) is 0 Å². The number of hydrogen-bond acceptors (Lipinski definition) is 2. The van der Waals surface area contributed by atoms with Gasteiger partial charge in [-0.3, -0.25) is 14.5 Å². The maximum absolute atomic E-state index is 14.1. The Bertz CT molecular complexity index is 1220. The lowest BCUT2D eigenvalue weighted by molar-refractivity contribution is -0.137. The van der Waals surface area contributed by atoms with E-state index in [9.17, 15) is 9.59 Å². The van der Waals surface area contributed by atoms with Gasteiger partial charge in [-0.2, -0.15) is 0 Å². The van der Waals surface area contributed by atoms with Gasteiger partial charge in [0, 0.05) is 18.7 Å². The van der Waals surface area contributed by atoms with E-state index in [4.69, 9.17) is 0 Å². The zero-order chi connectivity index (χ0) is 25.2. The third-order valence-electron chi connectivity index (χ3n) is 7.87. The summed E-state index contributed by atoms with van der Waals surface area (Å²) >= 11 is 0. The van der Waals surface area contributed by atoms with Gasteiger partial charge < -0.3 is 9.47 Å². The number of benzene rings is 2. The Hall–Kier alpha value is -3.34. The van der Waals surface area contributed by atoms with Crippen LogP contribution in [0.2, 0.25) is 0 Å². The number of hydrogen-bond donors (Lipinski definition) is 0. The molecule has 1 aliphatic carbocycles. The van der Waals surface area contributed by atoms with Crippen LogP contribution in [0.25, 0.3) is 5.69 Å². The third kappa shape index (κ3) is 4.71. The molecular weight excluding hydrogens is 446 g/mol. The van der Waals surface area contributed by atoms with Crippen LogP contribution in [-0.2, 0) is 9.59 Å². The van der Waals surface area contributed by atoms with Crippen LogP contribution in [0.15, 0.2) is 66.9 Å². The van der Waals surface area contributed by atoms with Gasteiger partial charge in [0.2, 0.25) is 11.8 Å². The number of aryl methyl sites for hydroxylation is 1. The molecule has 5 nitrogen and oxygen atoms in total. The Morgan fingerprint density at radius 3 is 2.33 bits per heavy atom. The van der Waals surface area contributed by atoms with Crippen LogP contribution in [-0.4, -0.2) is 33.9 Å². The lowest BCUT2D eigenvalue weighted by Gasteiger charge is -2.40. The summed E-state index contributed by atoms with van der Waals surface area (Å²) in [6, 6.07) is 20.3. The lowest BCUT2D eigenvalue weighted by Crippen LogP contribution is -2.48. The van der Waals surface area contributed by atoms with Crippen molar-refractivity contribution in [1.82, 2.24) is 9.47 Å².